The van der Waals surface area contributed by atoms with Crippen LogP contribution in [0.2, 0.25) is 0 Å². The molecular weight excluding hydrogens is 451 g/mol. The van der Waals surface area contributed by atoms with E-state index in [1.54, 1.807) is 18.4 Å². The van der Waals surface area contributed by atoms with E-state index in [-0.39, 0.29) is 24.0 Å². The first kappa shape index (κ1) is 19.8. The lowest BCUT2D eigenvalue weighted by atomic mass is 10.2. The Morgan fingerprint density at radius 3 is 2.76 bits per heavy atom. The van der Waals surface area contributed by atoms with Crippen LogP contribution in [0.5, 0.6) is 11.5 Å². The molecule has 2 aromatic rings. The Balaban J connectivity index is 0.00000225. The normalized spacial score (nSPS) is 12.7. The average Bonchev–Trinajstić information content (AvgIpc) is 3.16. The van der Waals surface area contributed by atoms with E-state index in [1.165, 1.54) is 4.88 Å². The number of thiazole rings is 1. The van der Waals surface area contributed by atoms with Crippen LogP contribution in [0.15, 0.2) is 23.2 Å². The third kappa shape index (κ3) is 5.21. The number of benzene rings is 1. The van der Waals surface area contributed by atoms with Gasteiger partial charge < -0.3 is 20.1 Å². The van der Waals surface area contributed by atoms with Crippen molar-refractivity contribution < 1.29 is 9.47 Å². The summed E-state index contributed by atoms with van der Waals surface area (Å²) < 4.78 is 10.7. The lowest BCUT2D eigenvalue weighted by molar-refractivity contribution is 0.174. The summed E-state index contributed by atoms with van der Waals surface area (Å²) in [6.45, 7) is 5.90. The van der Waals surface area contributed by atoms with E-state index in [9.17, 15) is 0 Å². The zero-order valence-electron chi connectivity index (χ0n) is 14.6. The van der Waals surface area contributed by atoms with Gasteiger partial charge in [0.1, 0.15) is 0 Å². The van der Waals surface area contributed by atoms with Crippen LogP contribution in [0.25, 0.3) is 0 Å². The van der Waals surface area contributed by atoms with Crippen LogP contribution in [0.4, 0.5) is 0 Å². The molecule has 0 bridgehead atoms. The predicted octanol–water partition coefficient (Wildman–Crippen LogP) is 3.01. The molecule has 1 aromatic heterocycles. The van der Waals surface area contributed by atoms with Crippen LogP contribution in [0, 0.1) is 13.8 Å². The number of fused-ring (bicyclic) bond motifs is 1. The monoisotopic (exact) mass is 474 g/mol. The molecule has 8 heteroatoms. The SMILES string of the molecule is CN=C(NCCc1sc(C)nc1C)NCc1ccc2c(c1)OCO2.I. The van der Waals surface area contributed by atoms with Crippen LogP contribution in [-0.2, 0) is 13.0 Å². The van der Waals surface area contributed by atoms with Crippen LogP contribution >= 0.6 is 35.3 Å². The Kier molecular flexibility index (Phi) is 7.30. The Morgan fingerprint density at radius 1 is 1.24 bits per heavy atom. The van der Waals surface area contributed by atoms with Crippen LogP contribution in [0.3, 0.4) is 0 Å². The molecular formula is C17H23IN4O2S. The van der Waals surface area contributed by atoms with E-state index in [1.807, 2.05) is 25.1 Å². The van der Waals surface area contributed by atoms with Crippen molar-refractivity contribution in [3.05, 3.63) is 39.3 Å². The molecule has 0 fully saturated rings. The standard InChI is InChI=1S/C17H22N4O2S.HI/c1-11-16(24-12(2)21-11)6-7-19-17(18-3)20-9-13-4-5-14-15(8-13)23-10-22-14;/h4-5,8H,6-7,9-10H2,1-3H3,(H2,18,19,20);1H. The quantitative estimate of drug-likeness (QED) is 0.396. The van der Waals surface area contributed by atoms with Crippen LogP contribution in [-0.4, -0.2) is 31.3 Å². The van der Waals surface area contributed by atoms with Gasteiger partial charge in [-0.3, -0.25) is 4.99 Å². The molecule has 6 nitrogen and oxygen atoms in total. The number of aromatic nitrogens is 1. The molecule has 0 saturated carbocycles. The number of halogens is 1. The minimum atomic E-state index is 0. The van der Waals surface area contributed by atoms with Gasteiger partial charge in [0.05, 0.1) is 10.7 Å². The predicted molar refractivity (Wildman–Crippen MR) is 111 cm³/mol. The number of aliphatic imine (C=N–C) groups is 1. The Bertz CT molecular complexity index is 748. The van der Waals surface area contributed by atoms with Crippen molar-refractivity contribution in [2.45, 2.75) is 26.8 Å². The molecule has 0 radical (unpaired) electrons. The minimum Gasteiger partial charge on any atom is -0.454 e. The Hall–Kier alpha value is -1.55. The number of aryl methyl sites for hydroxylation is 2. The summed E-state index contributed by atoms with van der Waals surface area (Å²) in [7, 11) is 1.77. The molecule has 1 aliphatic heterocycles. The Morgan fingerprint density at radius 2 is 2.04 bits per heavy atom. The highest BCUT2D eigenvalue weighted by Crippen LogP contribution is 2.32. The van der Waals surface area contributed by atoms with Crippen molar-refractivity contribution in [3.8, 4) is 11.5 Å². The topological polar surface area (TPSA) is 67.8 Å². The smallest absolute Gasteiger partial charge is 0.231 e. The summed E-state index contributed by atoms with van der Waals surface area (Å²) in [6, 6.07) is 5.95. The third-order valence-electron chi connectivity index (χ3n) is 3.76. The first-order valence-corrected chi connectivity index (χ1v) is 8.73. The summed E-state index contributed by atoms with van der Waals surface area (Å²) in [4.78, 5) is 10.0. The summed E-state index contributed by atoms with van der Waals surface area (Å²) in [6.07, 6.45) is 0.946. The van der Waals surface area contributed by atoms with Crippen molar-refractivity contribution >= 4 is 41.3 Å². The number of ether oxygens (including phenoxy) is 2. The molecule has 136 valence electrons. The van der Waals surface area contributed by atoms with Gasteiger partial charge in [-0.2, -0.15) is 0 Å². The molecule has 0 spiro atoms. The van der Waals surface area contributed by atoms with Crippen molar-refractivity contribution in [2.75, 3.05) is 20.4 Å². The lowest BCUT2D eigenvalue weighted by Crippen LogP contribution is -2.37. The molecule has 0 unspecified atom stereocenters. The van der Waals surface area contributed by atoms with E-state index in [0.717, 1.165) is 46.7 Å². The van der Waals surface area contributed by atoms with Crippen molar-refractivity contribution in [1.82, 2.24) is 15.6 Å². The van der Waals surface area contributed by atoms with Gasteiger partial charge in [0, 0.05) is 31.4 Å². The van der Waals surface area contributed by atoms with E-state index in [0.29, 0.717) is 13.3 Å². The molecule has 0 amide bonds. The highest BCUT2D eigenvalue weighted by atomic mass is 127. The van der Waals surface area contributed by atoms with E-state index >= 15 is 0 Å². The number of hydrogen-bond donors (Lipinski definition) is 2. The summed E-state index contributed by atoms with van der Waals surface area (Å²) in [5.41, 5.74) is 2.25. The first-order valence-electron chi connectivity index (χ1n) is 7.91. The molecule has 0 atom stereocenters. The third-order valence-corrected chi connectivity index (χ3v) is 4.90. The molecule has 1 aromatic carbocycles. The number of nitrogens with one attached hydrogen (secondary N) is 2. The zero-order valence-corrected chi connectivity index (χ0v) is 17.7. The van der Waals surface area contributed by atoms with E-state index in [2.05, 4.69) is 27.5 Å². The van der Waals surface area contributed by atoms with Crippen molar-refractivity contribution in [2.24, 2.45) is 4.99 Å². The number of rotatable bonds is 5. The second-order valence-electron chi connectivity index (χ2n) is 5.53. The largest absolute Gasteiger partial charge is 0.454 e. The fourth-order valence-electron chi connectivity index (χ4n) is 2.56. The van der Waals surface area contributed by atoms with Crippen LogP contribution in [0.1, 0.15) is 21.1 Å². The maximum absolute atomic E-state index is 5.40. The highest BCUT2D eigenvalue weighted by Gasteiger charge is 2.13. The van der Waals surface area contributed by atoms with Gasteiger partial charge >= 0.3 is 0 Å². The van der Waals surface area contributed by atoms with Gasteiger partial charge in [-0.15, -0.1) is 35.3 Å². The molecule has 2 heterocycles. The van der Waals surface area contributed by atoms with Gasteiger partial charge in [-0.25, -0.2) is 4.98 Å². The molecule has 0 aliphatic carbocycles. The van der Waals surface area contributed by atoms with Gasteiger partial charge in [0.2, 0.25) is 6.79 Å². The highest BCUT2D eigenvalue weighted by molar-refractivity contribution is 14.0. The lowest BCUT2D eigenvalue weighted by Gasteiger charge is -2.12. The summed E-state index contributed by atoms with van der Waals surface area (Å²) in [5, 5.41) is 7.77. The number of guanidine groups is 1. The molecule has 2 N–H and O–H groups in total. The molecule has 25 heavy (non-hydrogen) atoms. The van der Waals surface area contributed by atoms with E-state index in [4.69, 9.17) is 9.47 Å². The second kappa shape index (κ2) is 9.23. The van der Waals surface area contributed by atoms with Crippen molar-refractivity contribution in [1.29, 1.82) is 0 Å². The Labute approximate surface area is 169 Å². The maximum Gasteiger partial charge on any atom is 0.231 e. The molecule has 3 rings (SSSR count). The first-order chi connectivity index (χ1) is 11.7. The number of hydrogen-bond acceptors (Lipinski definition) is 5. The maximum atomic E-state index is 5.40. The number of nitrogens with zero attached hydrogens (tertiary/aromatic N) is 2. The fraction of sp³-hybridized carbons (Fsp3) is 0.412. The van der Waals surface area contributed by atoms with Gasteiger partial charge in [-0.05, 0) is 31.5 Å². The fourth-order valence-corrected chi connectivity index (χ4v) is 3.49. The average molecular weight is 474 g/mol. The van der Waals surface area contributed by atoms with Gasteiger partial charge in [0.15, 0.2) is 17.5 Å². The van der Waals surface area contributed by atoms with Gasteiger partial charge in [-0.1, -0.05) is 6.07 Å². The summed E-state index contributed by atoms with van der Waals surface area (Å²) in [5.74, 6) is 2.39. The molecule has 0 saturated heterocycles. The van der Waals surface area contributed by atoms with E-state index < -0.39 is 0 Å². The zero-order chi connectivity index (χ0) is 16.9. The van der Waals surface area contributed by atoms with Crippen LogP contribution < -0.4 is 20.1 Å². The molecule has 1 aliphatic rings. The summed E-state index contributed by atoms with van der Waals surface area (Å²) >= 11 is 1.76. The second-order valence-corrected chi connectivity index (χ2v) is 6.82. The van der Waals surface area contributed by atoms with Crippen molar-refractivity contribution in [3.63, 3.8) is 0 Å². The van der Waals surface area contributed by atoms with Gasteiger partial charge in [0.25, 0.3) is 0 Å². The minimum absolute atomic E-state index is 0.